The summed E-state index contributed by atoms with van der Waals surface area (Å²) in [5.41, 5.74) is 1.70. The van der Waals surface area contributed by atoms with Crippen LogP contribution in [0.4, 0.5) is 5.00 Å². The van der Waals surface area contributed by atoms with Gasteiger partial charge in [0.15, 0.2) is 9.84 Å². The van der Waals surface area contributed by atoms with Crippen LogP contribution in [0.2, 0.25) is 0 Å². The predicted molar refractivity (Wildman–Crippen MR) is 124 cm³/mol. The smallest absolute Gasteiger partial charge is 0.341 e. The fourth-order valence-corrected chi connectivity index (χ4v) is 5.55. The molecule has 0 unspecified atom stereocenters. The molecule has 2 heterocycles. The van der Waals surface area contributed by atoms with Crippen molar-refractivity contribution >= 4 is 50.5 Å². The fraction of sp³-hybridized carbons (Fsp3) is 0.429. The quantitative estimate of drug-likeness (QED) is 0.599. The lowest BCUT2D eigenvalue weighted by molar-refractivity contribution is 0.0526. The number of likely N-dealkylation sites (N-methyl/N-ethyl adjacent to an activating group) is 1. The van der Waals surface area contributed by atoms with Gasteiger partial charge in [0.2, 0.25) is 0 Å². The summed E-state index contributed by atoms with van der Waals surface area (Å²) in [6.45, 7) is 8.18. The van der Waals surface area contributed by atoms with Gasteiger partial charge in [-0.05, 0) is 49.7 Å². The zero-order chi connectivity index (χ0) is 21.9. The van der Waals surface area contributed by atoms with E-state index in [2.05, 4.69) is 17.1 Å². The van der Waals surface area contributed by atoms with Gasteiger partial charge in [-0.15, -0.1) is 23.7 Å². The molecule has 0 saturated carbocycles. The van der Waals surface area contributed by atoms with Crippen molar-refractivity contribution in [2.24, 2.45) is 0 Å². The molecule has 1 aliphatic heterocycles. The van der Waals surface area contributed by atoms with Gasteiger partial charge in [-0.25, -0.2) is 13.2 Å². The molecule has 1 aromatic carbocycles. The Kier molecular flexibility index (Phi) is 8.65. The Morgan fingerprint density at radius 3 is 2.42 bits per heavy atom. The van der Waals surface area contributed by atoms with Gasteiger partial charge in [-0.3, -0.25) is 9.69 Å². The van der Waals surface area contributed by atoms with Crippen LogP contribution < -0.4 is 5.32 Å². The van der Waals surface area contributed by atoms with Crippen molar-refractivity contribution in [2.75, 3.05) is 30.8 Å². The summed E-state index contributed by atoms with van der Waals surface area (Å²) in [4.78, 5) is 28.9. The molecule has 0 bridgehead atoms. The SMILES string of the molecule is CCOC(=O)c1c(NC(=O)c2ccc(S(=O)(=O)CC)cc2)sc2c1CCN(CC)C2.Cl. The Labute approximate surface area is 193 Å². The zero-order valence-corrected chi connectivity index (χ0v) is 20.2. The number of hydrogen-bond donors (Lipinski definition) is 1. The highest BCUT2D eigenvalue weighted by Crippen LogP contribution is 2.38. The number of hydrogen-bond acceptors (Lipinski definition) is 7. The van der Waals surface area contributed by atoms with Crippen LogP contribution in [0.25, 0.3) is 0 Å². The lowest BCUT2D eigenvalue weighted by Gasteiger charge is -2.25. The van der Waals surface area contributed by atoms with Gasteiger partial charge in [0.1, 0.15) is 5.00 Å². The minimum Gasteiger partial charge on any atom is -0.462 e. The maximum Gasteiger partial charge on any atom is 0.341 e. The molecule has 0 radical (unpaired) electrons. The van der Waals surface area contributed by atoms with Crippen molar-refractivity contribution < 1.29 is 22.7 Å². The lowest BCUT2D eigenvalue weighted by Crippen LogP contribution is -2.30. The summed E-state index contributed by atoms with van der Waals surface area (Å²) < 4.78 is 29.2. The number of amides is 1. The van der Waals surface area contributed by atoms with E-state index in [-0.39, 0.29) is 29.7 Å². The number of nitrogens with one attached hydrogen (secondary N) is 1. The molecule has 0 saturated heterocycles. The Balaban J connectivity index is 0.00000341. The monoisotopic (exact) mass is 486 g/mol. The number of esters is 1. The summed E-state index contributed by atoms with van der Waals surface area (Å²) in [6.07, 6.45) is 0.729. The number of sulfone groups is 1. The Morgan fingerprint density at radius 1 is 1.16 bits per heavy atom. The predicted octanol–water partition coefficient (Wildman–Crippen LogP) is 3.77. The maximum atomic E-state index is 12.8. The Hall–Kier alpha value is -1.94. The highest BCUT2D eigenvalue weighted by atomic mass is 35.5. The molecular formula is C21H27ClN2O5S2. The number of anilines is 1. The number of rotatable bonds is 7. The highest BCUT2D eigenvalue weighted by molar-refractivity contribution is 7.91. The van der Waals surface area contributed by atoms with Crippen LogP contribution in [0.5, 0.6) is 0 Å². The molecule has 7 nitrogen and oxygen atoms in total. The first-order chi connectivity index (χ1) is 14.3. The number of nitrogens with zero attached hydrogens (tertiary/aromatic N) is 1. The third-order valence-corrected chi connectivity index (χ3v) is 8.03. The molecule has 1 amide bonds. The van der Waals surface area contributed by atoms with E-state index in [0.29, 0.717) is 16.1 Å². The molecule has 170 valence electrons. The van der Waals surface area contributed by atoms with E-state index >= 15 is 0 Å². The molecule has 1 aliphatic rings. The van der Waals surface area contributed by atoms with Crippen molar-refractivity contribution in [2.45, 2.75) is 38.6 Å². The van der Waals surface area contributed by atoms with Crippen LogP contribution in [0.1, 0.15) is 51.9 Å². The van der Waals surface area contributed by atoms with Crippen molar-refractivity contribution in [3.05, 3.63) is 45.8 Å². The second kappa shape index (κ2) is 10.6. The largest absolute Gasteiger partial charge is 0.462 e. The summed E-state index contributed by atoms with van der Waals surface area (Å²) in [7, 11) is -3.33. The third-order valence-electron chi connectivity index (χ3n) is 5.15. The highest BCUT2D eigenvalue weighted by Gasteiger charge is 2.29. The molecule has 31 heavy (non-hydrogen) atoms. The average Bonchev–Trinajstić information content (AvgIpc) is 3.10. The van der Waals surface area contributed by atoms with Crippen LogP contribution in [-0.2, 0) is 27.5 Å². The molecule has 0 aliphatic carbocycles. The first-order valence-electron chi connectivity index (χ1n) is 9.98. The molecule has 0 fully saturated rings. The number of benzene rings is 1. The van der Waals surface area contributed by atoms with Crippen molar-refractivity contribution in [3.63, 3.8) is 0 Å². The average molecular weight is 487 g/mol. The van der Waals surface area contributed by atoms with Crippen LogP contribution in [0, 0.1) is 0 Å². The van der Waals surface area contributed by atoms with Crippen LogP contribution >= 0.6 is 23.7 Å². The summed E-state index contributed by atoms with van der Waals surface area (Å²) in [5.74, 6) is -0.830. The number of fused-ring (bicyclic) bond motifs is 1. The van der Waals surface area contributed by atoms with Gasteiger partial charge in [0.05, 0.1) is 22.8 Å². The fourth-order valence-electron chi connectivity index (χ4n) is 3.39. The molecule has 1 aromatic heterocycles. The first-order valence-corrected chi connectivity index (χ1v) is 12.5. The van der Waals surface area contributed by atoms with Crippen LogP contribution in [0.15, 0.2) is 29.2 Å². The van der Waals surface area contributed by atoms with Gasteiger partial charge in [-0.1, -0.05) is 13.8 Å². The molecule has 3 rings (SSSR count). The molecule has 2 aromatic rings. The molecule has 10 heteroatoms. The van der Waals surface area contributed by atoms with Gasteiger partial charge >= 0.3 is 5.97 Å². The first kappa shape index (κ1) is 25.3. The standard InChI is InChI=1S/C21H26N2O5S2.ClH/c1-4-23-12-11-16-17(13-23)29-20(18(16)21(25)28-5-2)22-19(24)14-7-9-15(10-8-14)30(26,27)6-3;/h7-10H,4-6,11-13H2,1-3H3,(H,22,24);1H. The second-order valence-corrected chi connectivity index (χ2v) is 10.3. The van der Waals surface area contributed by atoms with Crippen LogP contribution in [0.3, 0.4) is 0 Å². The third kappa shape index (κ3) is 5.46. The number of halogens is 1. The van der Waals surface area contributed by atoms with Crippen molar-refractivity contribution in [1.29, 1.82) is 0 Å². The molecule has 0 atom stereocenters. The van der Waals surface area contributed by atoms with E-state index in [1.807, 2.05) is 0 Å². The molecule has 0 spiro atoms. The molecular weight excluding hydrogens is 460 g/mol. The summed E-state index contributed by atoms with van der Waals surface area (Å²) in [6, 6.07) is 5.82. The second-order valence-electron chi connectivity index (χ2n) is 6.93. The minimum absolute atomic E-state index is 0. The van der Waals surface area contributed by atoms with E-state index in [9.17, 15) is 18.0 Å². The normalized spacial score (nSPS) is 13.8. The van der Waals surface area contributed by atoms with Gasteiger partial charge in [0.25, 0.3) is 5.91 Å². The van der Waals surface area contributed by atoms with Gasteiger partial charge < -0.3 is 10.1 Å². The summed E-state index contributed by atoms with van der Waals surface area (Å²) in [5, 5.41) is 3.32. The van der Waals surface area contributed by atoms with E-state index in [0.717, 1.165) is 36.5 Å². The maximum absolute atomic E-state index is 12.8. The van der Waals surface area contributed by atoms with Crippen molar-refractivity contribution in [3.8, 4) is 0 Å². The van der Waals surface area contributed by atoms with Crippen LogP contribution in [-0.4, -0.2) is 50.6 Å². The molecule has 1 N–H and O–H groups in total. The van der Waals surface area contributed by atoms with E-state index < -0.39 is 21.7 Å². The van der Waals surface area contributed by atoms with Gasteiger partial charge in [0, 0.05) is 23.5 Å². The lowest BCUT2D eigenvalue weighted by atomic mass is 10.0. The minimum atomic E-state index is -3.33. The zero-order valence-electron chi connectivity index (χ0n) is 17.8. The number of carbonyl (C=O) groups excluding carboxylic acids is 2. The van der Waals surface area contributed by atoms with E-state index in [1.165, 1.54) is 35.6 Å². The van der Waals surface area contributed by atoms with Crippen molar-refractivity contribution in [1.82, 2.24) is 4.90 Å². The Bertz CT molecular complexity index is 1050. The topological polar surface area (TPSA) is 92.8 Å². The number of ether oxygens (including phenoxy) is 1. The Morgan fingerprint density at radius 2 is 1.84 bits per heavy atom. The number of carbonyl (C=O) groups is 2. The van der Waals surface area contributed by atoms with Gasteiger partial charge in [-0.2, -0.15) is 0 Å². The summed E-state index contributed by atoms with van der Waals surface area (Å²) >= 11 is 1.40. The number of thiophene rings is 1. The van der Waals surface area contributed by atoms with E-state index in [4.69, 9.17) is 4.74 Å². The van der Waals surface area contributed by atoms with E-state index in [1.54, 1.807) is 13.8 Å².